The highest BCUT2D eigenvalue weighted by molar-refractivity contribution is 9.10. The van der Waals surface area contributed by atoms with Crippen LogP contribution < -0.4 is 0 Å². The zero-order chi connectivity index (χ0) is 10.7. The molecular weight excluding hydrogens is 276 g/mol. The average Bonchev–Trinajstić information content (AvgIpc) is 2.65. The van der Waals surface area contributed by atoms with E-state index < -0.39 is 0 Å². The molecule has 2 rings (SSSR count). The van der Waals surface area contributed by atoms with E-state index in [9.17, 15) is 4.79 Å². The number of rotatable bonds is 3. The number of aldehydes is 1. The number of hydrogen-bond donors (Lipinski definition) is 0. The quantitative estimate of drug-likeness (QED) is 0.799. The third-order valence-corrected chi connectivity index (χ3v) is 4.58. The van der Waals surface area contributed by atoms with Crippen molar-refractivity contribution in [1.29, 1.82) is 0 Å². The minimum Gasteiger partial charge on any atom is -0.381 e. The van der Waals surface area contributed by atoms with Gasteiger partial charge in [-0.25, -0.2) is 0 Å². The summed E-state index contributed by atoms with van der Waals surface area (Å²) >= 11 is 5.14. The molecule has 0 N–H and O–H groups in total. The van der Waals surface area contributed by atoms with Gasteiger partial charge in [0.25, 0.3) is 0 Å². The summed E-state index contributed by atoms with van der Waals surface area (Å²) in [6.07, 6.45) is 3.69. The van der Waals surface area contributed by atoms with Gasteiger partial charge in [0.1, 0.15) is 6.29 Å². The van der Waals surface area contributed by atoms with Gasteiger partial charge in [-0.05, 0) is 41.3 Å². The molecule has 0 aliphatic carbocycles. The van der Waals surface area contributed by atoms with Crippen LogP contribution in [-0.2, 0) is 16.0 Å². The predicted molar refractivity (Wildman–Crippen MR) is 64.3 cm³/mol. The molecule has 0 bridgehead atoms. The number of hydrogen-bond acceptors (Lipinski definition) is 3. The molecular formula is C11H13BrO2S. The molecule has 1 fully saturated rings. The molecule has 4 heteroatoms. The van der Waals surface area contributed by atoms with Crippen molar-refractivity contribution in [2.75, 3.05) is 13.2 Å². The summed E-state index contributed by atoms with van der Waals surface area (Å²) < 4.78 is 6.41. The Hall–Kier alpha value is -0.190. The van der Waals surface area contributed by atoms with Gasteiger partial charge in [-0.15, -0.1) is 11.3 Å². The first-order valence-electron chi connectivity index (χ1n) is 5.01. The number of ether oxygens (including phenoxy) is 1. The summed E-state index contributed by atoms with van der Waals surface area (Å²) in [5, 5.41) is 2.06. The molecule has 1 saturated heterocycles. The van der Waals surface area contributed by atoms with Crippen LogP contribution in [0, 0.1) is 5.41 Å². The number of carbonyl (C=O) groups excluding carboxylic acids is 1. The fourth-order valence-corrected chi connectivity index (χ4v) is 3.51. The van der Waals surface area contributed by atoms with Crippen molar-refractivity contribution in [3.05, 3.63) is 20.8 Å². The largest absolute Gasteiger partial charge is 0.381 e. The summed E-state index contributed by atoms with van der Waals surface area (Å²) in [7, 11) is 0. The second kappa shape index (κ2) is 4.76. The fraction of sp³-hybridized carbons (Fsp3) is 0.545. The third kappa shape index (κ3) is 2.68. The molecule has 2 heterocycles. The molecule has 1 aromatic rings. The monoisotopic (exact) mass is 288 g/mol. The van der Waals surface area contributed by atoms with E-state index in [1.165, 1.54) is 4.88 Å². The minimum absolute atomic E-state index is 0.178. The van der Waals surface area contributed by atoms with E-state index in [-0.39, 0.29) is 5.41 Å². The minimum atomic E-state index is -0.178. The van der Waals surface area contributed by atoms with E-state index in [1.54, 1.807) is 11.3 Å². The van der Waals surface area contributed by atoms with Crippen molar-refractivity contribution in [1.82, 2.24) is 0 Å². The van der Waals surface area contributed by atoms with Crippen LogP contribution in [0.1, 0.15) is 17.7 Å². The van der Waals surface area contributed by atoms with Crippen LogP contribution in [0.2, 0.25) is 0 Å². The molecule has 82 valence electrons. The van der Waals surface area contributed by atoms with Gasteiger partial charge in [0.15, 0.2) is 0 Å². The second-order valence-corrected chi connectivity index (χ2v) is 5.91. The van der Waals surface area contributed by atoms with Gasteiger partial charge in [-0.3, -0.25) is 0 Å². The number of thiophene rings is 1. The highest BCUT2D eigenvalue weighted by atomic mass is 79.9. The second-order valence-electron chi connectivity index (χ2n) is 4.00. The lowest BCUT2D eigenvalue weighted by molar-refractivity contribution is -0.121. The van der Waals surface area contributed by atoms with Crippen molar-refractivity contribution >= 4 is 33.6 Å². The molecule has 1 aromatic heterocycles. The van der Waals surface area contributed by atoms with Crippen LogP contribution in [0.5, 0.6) is 0 Å². The maximum Gasteiger partial charge on any atom is 0.126 e. The molecule has 15 heavy (non-hydrogen) atoms. The SMILES string of the molecule is O=CC1(Cc2cc(Br)cs2)CCOCC1. The molecule has 0 atom stereocenters. The highest BCUT2D eigenvalue weighted by Gasteiger charge is 2.32. The predicted octanol–water partition coefficient (Wildman–Crippen LogP) is 3.05. The van der Waals surface area contributed by atoms with Crippen molar-refractivity contribution in [2.45, 2.75) is 19.3 Å². The van der Waals surface area contributed by atoms with Crippen LogP contribution >= 0.6 is 27.3 Å². The van der Waals surface area contributed by atoms with Gasteiger partial charge in [-0.1, -0.05) is 0 Å². The lowest BCUT2D eigenvalue weighted by atomic mass is 9.78. The first kappa shape index (κ1) is 11.3. The molecule has 0 unspecified atom stereocenters. The lowest BCUT2D eigenvalue weighted by Crippen LogP contribution is -2.32. The molecule has 2 nitrogen and oxygen atoms in total. The highest BCUT2D eigenvalue weighted by Crippen LogP contribution is 2.34. The maximum absolute atomic E-state index is 11.2. The maximum atomic E-state index is 11.2. The van der Waals surface area contributed by atoms with Gasteiger partial charge in [0, 0.05) is 33.4 Å². The van der Waals surface area contributed by atoms with E-state index >= 15 is 0 Å². The summed E-state index contributed by atoms with van der Waals surface area (Å²) in [6.45, 7) is 1.43. The van der Waals surface area contributed by atoms with Crippen molar-refractivity contribution < 1.29 is 9.53 Å². The topological polar surface area (TPSA) is 26.3 Å². The normalized spacial score (nSPS) is 20.1. The summed E-state index contributed by atoms with van der Waals surface area (Å²) in [6, 6.07) is 2.10. The first-order valence-corrected chi connectivity index (χ1v) is 6.68. The van der Waals surface area contributed by atoms with E-state index in [1.807, 2.05) is 0 Å². The fourth-order valence-electron chi connectivity index (χ4n) is 1.91. The van der Waals surface area contributed by atoms with Crippen LogP contribution in [-0.4, -0.2) is 19.5 Å². The Bertz CT molecular complexity index is 342. The molecule has 1 aliphatic rings. The molecule has 0 amide bonds. The zero-order valence-electron chi connectivity index (χ0n) is 8.37. The summed E-state index contributed by atoms with van der Waals surface area (Å²) in [5.74, 6) is 0. The van der Waals surface area contributed by atoms with Gasteiger partial charge in [0.2, 0.25) is 0 Å². The Kier molecular flexibility index (Phi) is 3.59. The van der Waals surface area contributed by atoms with E-state index in [2.05, 4.69) is 27.4 Å². The third-order valence-electron chi connectivity index (χ3n) is 2.89. The number of halogens is 1. The molecule has 0 radical (unpaired) electrons. The van der Waals surface area contributed by atoms with Gasteiger partial charge < -0.3 is 9.53 Å². The van der Waals surface area contributed by atoms with Crippen LogP contribution in [0.15, 0.2) is 15.9 Å². The Labute approximate surface area is 102 Å². The Morgan fingerprint density at radius 3 is 2.80 bits per heavy atom. The van der Waals surface area contributed by atoms with Gasteiger partial charge >= 0.3 is 0 Å². The van der Waals surface area contributed by atoms with Gasteiger partial charge in [-0.2, -0.15) is 0 Å². The van der Waals surface area contributed by atoms with E-state index in [0.717, 1.165) is 30.0 Å². The smallest absolute Gasteiger partial charge is 0.126 e. The van der Waals surface area contributed by atoms with Crippen LogP contribution in [0.4, 0.5) is 0 Å². The van der Waals surface area contributed by atoms with Crippen LogP contribution in [0.3, 0.4) is 0 Å². The molecule has 0 aromatic carbocycles. The Balaban J connectivity index is 2.10. The lowest BCUT2D eigenvalue weighted by Gasteiger charge is -2.31. The van der Waals surface area contributed by atoms with Gasteiger partial charge in [0.05, 0.1) is 0 Å². The summed E-state index contributed by atoms with van der Waals surface area (Å²) in [4.78, 5) is 12.5. The van der Waals surface area contributed by atoms with Crippen molar-refractivity contribution in [2.24, 2.45) is 5.41 Å². The zero-order valence-corrected chi connectivity index (χ0v) is 10.8. The Morgan fingerprint density at radius 1 is 1.53 bits per heavy atom. The van der Waals surface area contributed by atoms with E-state index in [4.69, 9.17) is 4.74 Å². The van der Waals surface area contributed by atoms with Crippen molar-refractivity contribution in [3.63, 3.8) is 0 Å². The summed E-state index contributed by atoms with van der Waals surface area (Å²) in [5.41, 5.74) is -0.178. The standard InChI is InChI=1S/C11H13BrO2S/c12-9-5-10(15-7-9)6-11(8-13)1-3-14-4-2-11/h5,7-8H,1-4,6H2. The molecule has 0 spiro atoms. The first-order chi connectivity index (χ1) is 7.24. The van der Waals surface area contributed by atoms with Crippen molar-refractivity contribution in [3.8, 4) is 0 Å². The average molecular weight is 289 g/mol. The Morgan fingerprint density at radius 2 is 2.27 bits per heavy atom. The van der Waals surface area contributed by atoms with E-state index in [0.29, 0.717) is 13.2 Å². The van der Waals surface area contributed by atoms with Crippen LogP contribution in [0.25, 0.3) is 0 Å². The molecule has 1 aliphatic heterocycles. The molecule has 0 saturated carbocycles. The number of carbonyl (C=O) groups is 1.